The molecule has 0 radical (unpaired) electrons. The summed E-state index contributed by atoms with van der Waals surface area (Å²) in [5.74, 6) is 0. The maximum Gasteiger partial charge on any atom is 0.519 e. The minimum atomic E-state index is -2.52. The molecule has 0 aromatic rings. The largest absolute Gasteiger partial charge is 0.519 e. The maximum absolute atomic E-state index is 5.46. The molecule has 84 valence electrons. The molecule has 0 saturated carbocycles. The average Bonchev–Trinajstić information content (AvgIpc) is 2.24. The van der Waals surface area contributed by atoms with Crippen molar-refractivity contribution in [2.75, 3.05) is 48.0 Å². The van der Waals surface area contributed by atoms with Gasteiger partial charge in [0.2, 0.25) is 0 Å². The van der Waals surface area contributed by atoms with Gasteiger partial charge in [-0.3, -0.25) is 4.90 Å². The van der Waals surface area contributed by atoms with Crippen molar-refractivity contribution in [2.45, 2.75) is 5.67 Å². The third kappa shape index (κ3) is 2.15. The number of hydrogen-bond acceptors (Lipinski definition) is 5. The summed E-state index contributed by atoms with van der Waals surface area (Å²) in [5.41, 5.74) is 0.205. The molecule has 0 aromatic carbocycles. The standard InChI is InChI=1S/C8H20N2O3Si/c1-10-6-5-9-7-8(10)14(11-2,12-3)13-4/h8-9H,5-7H2,1-4H3. The molecular formula is C8H20N2O3Si. The van der Waals surface area contributed by atoms with Crippen molar-refractivity contribution in [1.82, 2.24) is 10.2 Å². The van der Waals surface area contributed by atoms with Crippen molar-refractivity contribution in [3.05, 3.63) is 0 Å². The van der Waals surface area contributed by atoms with Crippen molar-refractivity contribution < 1.29 is 13.3 Å². The van der Waals surface area contributed by atoms with Crippen LogP contribution in [0, 0.1) is 0 Å². The molecule has 1 N–H and O–H groups in total. The molecule has 1 heterocycles. The summed E-state index contributed by atoms with van der Waals surface area (Å²) in [4.78, 5) is 2.24. The normalized spacial score (nSPS) is 25.3. The van der Waals surface area contributed by atoms with Crippen molar-refractivity contribution in [3.63, 3.8) is 0 Å². The van der Waals surface area contributed by atoms with E-state index >= 15 is 0 Å². The summed E-state index contributed by atoms with van der Waals surface area (Å²) < 4.78 is 16.4. The number of rotatable bonds is 4. The summed E-state index contributed by atoms with van der Waals surface area (Å²) in [5, 5.41) is 3.33. The Morgan fingerprint density at radius 1 is 1.21 bits per heavy atom. The van der Waals surface area contributed by atoms with Crippen LogP contribution in [0.1, 0.15) is 0 Å². The highest BCUT2D eigenvalue weighted by Crippen LogP contribution is 2.17. The first kappa shape index (κ1) is 12.1. The van der Waals surface area contributed by atoms with Crippen LogP contribution in [0.25, 0.3) is 0 Å². The predicted octanol–water partition coefficient (Wildman–Crippen LogP) is -0.693. The van der Waals surface area contributed by atoms with Crippen LogP contribution in [-0.2, 0) is 13.3 Å². The molecule has 1 atom stereocenters. The topological polar surface area (TPSA) is 43.0 Å². The first-order valence-corrected chi connectivity index (χ1v) is 6.56. The monoisotopic (exact) mass is 220 g/mol. The number of piperazine rings is 1. The molecule has 1 unspecified atom stereocenters. The van der Waals surface area contributed by atoms with Gasteiger partial charge in [-0.05, 0) is 7.05 Å². The number of nitrogens with zero attached hydrogens (tertiary/aromatic N) is 1. The molecule has 6 heteroatoms. The lowest BCUT2D eigenvalue weighted by atomic mass is 10.4. The molecule has 0 amide bonds. The molecule has 1 aliphatic heterocycles. The Balaban J connectivity index is 2.74. The highest BCUT2D eigenvalue weighted by atomic mass is 28.4. The van der Waals surface area contributed by atoms with E-state index in [0.717, 1.165) is 19.6 Å². The summed E-state index contributed by atoms with van der Waals surface area (Å²) >= 11 is 0. The molecule has 14 heavy (non-hydrogen) atoms. The van der Waals surface area contributed by atoms with Crippen molar-refractivity contribution >= 4 is 8.80 Å². The number of hydrogen-bond donors (Lipinski definition) is 1. The number of nitrogens with one attached hydrogen (secondary N) is 1. The lowest BCUT2D eigenvalue weighted by Crippen LogP contribution is -2.67. The molecule has 5 nitrogen and oxygen atoms in total. The first-order valence-electron chi connectivity index (χ1n) is 4.76. The molecule has 1 saturated heterocycles. The second-order valence-corrected chi connectivity index (χ2v) is 6.51. The minimum absolute atomic E-state index is 0.205. The third-order valence-electron chi connectivity index (χ3n) is 2.77. The fraction of sp³-hybridized carbons (Fsp3) is 1.00. The van der Waals surface area contributed by atoms with E-state index in [0.29, 0.717) is 0 Å². The van der Waals surface area contributed by atoms with E-state index in [1.54, 1.807) is 21.3 Å². The Hall–Kier alpha value is 0.0169. The van der Waals surface area contributed by atoms with Crippen LogP contribution < -0.4 is 5.32 Å². The van der Waals surface area contributed by atoms with Gasteiger partial charge in [0, 0.05) is 41.0 Å². The first-order chi connectivity index (χ1) is 6.70. The van der Waals surface area contributed by atoms with Crippen molar-refractivity contribution in [3.8, 4) is 0 Å². The van der Waals surface area contributed by atoms with E-state index in [1.165, 1.54) is 0 Å². The van der Waals surface area contributed by atoms with Gasteiger partial charge in [0.25, 0.3) is 0 Å². The number of likely N-dealkylation sites (N-methyl/N-ethyl adjacent to an activating group) is 1. The Kier molecular flexibility index (Phi) is 4.49. The highest BCUT2D eigenvalue weighted by Gasteiger charge is 2.50. The minimum Gasteiger partial charge on any atom is -0.376 e. The van der Waals surface area contributed by atoms with Crippen LogP contribution in [0.4, 0.5) is 0 Å². The molecule has 1 fully saturated rings. The molecular weight excluding hydrogens is 200 g/mol. The van der Waals surface area contributed by atoms with Crippen LogP contribution in [-0.4, -0.2) is 67.4 Å². The lowest BCUT2D eigenvalue weighted by Gasteiger charge is -2.40. The van der Waals surface area contributed by atoms with Gasteiger partial charge in [0.1, 0.15) is 0 Å². The molecule has 1 rings (SSSR count). The molecule has 0 bridgehead atoms. The van der Waals surface area contributed by atoms with E-state index in [9.17, 15) is 0 Å². The van der Waals surface area contributed by atoms with E-state index < -0.39 is 8.80 Å². The third-order valence-corrected chi connectivity index (χ3v) is 5.94. The van der Waals surface area contributed by atoms with Gasteiger partial charge in [0.05, 0.1) is 5.67 Å². The van der Waals surface area contributed by atoms with Crippen LogP contribution in [0.3, 0.4) is 0 Å². The fourth-order valence-corrected chi connectivity index (χ4v) is 4.24. The van der Waals surface area contributed by atoms with Gasteiger partial charge in [-0.15, -0.1) is 0 Å². The van der Waals surface area contributed by atoms with Gasteiger partial charge in [-0.2, -0.15) is 0 Å². The van der Waals surface area contributed by atoms with Gasteiger partial charge in [-0.25, -0.2) is 0 Å². The van der Waals surface area contributed by atoms with Crippen LogP contribution in [0.15, 0.2) is 0 Å². The van der Waals surface area contributed by atoms with Gasteiger partial charge in [-0.1, -0.05) is 0 Å². The summed E-state index contributed by atoms with van der Waals surface area (Å²) in [6.07, 6.45) is 0. The quantitative estimate of drug-likeness (QED) is 0.635. The van der Waals surface area contributed by atoms with Gasteiger partial charge >= 0.3 is 8.80 Å². The van der Waals surface area contributed by atoms with E-state index in [2.05, 4.69) is 17.3 Å². The SMILES string of the molecule is CO[Si](OC)(OC)C1CNCCN1C. The van der Waals surface area contributed by atoms with Crippen LogP contribution in [0.5, 0.6) is 0 Å². The Morgan fingerprint density at radius 2 is 1.79 bits per heavy atom. The summed E-state index contributed by atoms with van der Waals surface area (Å²) in [6.45, 7) is 2.86. The van der Waals surface area contributed by atoms with Gasteiger partial charge < -0.3 is 18.6 Å². The van der Waals surface area contributed by atoms with E-state index in [-0.39, 0.29) is 5.67 Å². The molecule has 1 aliphatic rings. The van der Waals surface area contributed by atoms with Crippen molar-refractivity contribution in [1.29, 1.82) is 0 Å². The van der Waals surface area contributed by atoms with E-state index in [1.807, 2.05) is 0 Å². The smallest absolute Gasteiger partial charge is 0.376 e. The van der Waals surface area contributed by atoms with Crippen molar-refractivity contribution in [2.24, 2.45) is 0 Å². The Labute approximate surface area is 86.7 Å². The molecule has 0 aromatic heterocycles. The van der Waals surface area contributed by atoms with Crippen LogP contribution in [0.2, 0.25) is 0 Å². The Morgan fingerprint density at radius 3 is 2.21 bits per heavy atom. The fourth-order valence-electron chi connectivity index (χ4n) is 1.86. The highest BCUT2D eigenvalue weighted by molar-refractivity contribution is 6.62. The maximum atomic E-state index is 5.46. The zero-order chi connectivity index (χ0) is 10.6. The predicted molar refractivity (Wildman–Crippen MR) is 56.1 cm³/mol. The van der Waals surface area contributed by atoms with Crippen LogP contribution >= 0.6 is 0 Å². The lowest BCUT2D eigenvalue weighted by molar-refractivity contribution is 0.0739. The van der Waals surface area contributed by atoms with E-state index in [4.69, 9.17) is 13.3 Å². The zero-order valence-corrected chi connectivity index (χ0v) is 10.4. The summed E-state index contributed by atoms with van der Waals surface area (Å²) in [7, 11) is 4.52. The Bertz CT molecular complexity index is 170. The molecule has 0 aliphatic carbocycles. The molecule has 0 spiro atoms. The van der Waals surface area contributed by atoms with Gasteiger partial charge in [0.15, 0.2) is 0 Å². The average molecular weight is 220 g/mol. The summed E-state index contributed by atoms with van der Waals surface area (Å²) in [6, 6.07) is 0. The second kappa shape index (κ2) is 5.20. The zero-order valence-electron chi connectivity index (χ0n) is 9.37. The second-order valence-electron chi connectivity index (χ2n) is 3.42.